The van der Waals surface area contributed by atoms with Crippen LogP contribution in [0.4, 0.5) is 0 Å². The molecule has 0 spiro atoms. The van der Waals surface area contributed by atoms with Gasteiger partial charge in [-0.3, -0.25) is 19.1 Å². The molecule has 2 aromatic heterocycles. The van der Waals surface area contributed by atoms with Gasteiger partial charge in [0.1, 0.15) is 6.04 Å². The van der Waals surface area contributed by atoms with Crippen LogP contribution in [0, 0.1) is 6.92 Å². The van der Waals surface area contributed by atoms with E-state index in [1.165, 1.54) is 7.11 Å². The maximum atomic E-state index is 13.6. The number of aromatic amines is 1. The second-order valence-electron chi connectivity index (χ2n) is 10.3. The predicted octanol–water partition coefficient (Wildman–Crippen LogP) is 1.34. The molecule has 2 aromatic carbocycles. The van der Waals surface area contributed by atoms with Crippen molar-refractivity contribution in [2.24, 2.45) is 0 Å². The van der Waals surface area contributed by atoms with Gasteiger partial charge in [-0.15, -0.1) is 5.10 Å². The lowest BCUT2D eigenvalue weighted by atomic mass is 10.0. The molecule has 2 bridgehead atoms. The van der Waals surface area contributed by atoms with Crippen LogP contribution in [0.1, 0.15) is 44.2 Å². The third-order valence-electron chi connectivity index (χ3n) is 7.24. The van der Waals surface area contributed by atoms with Gasteiger partial charge >= 0.3 is 0 Å². The van der Waals surface area contributed by atoms with Gasteiger partial charge in [-0.2, -0.15) is 15.4 Å². The second-order valence-corrected chi connectivity index (χ2v) is 10.3. The highest BCUT2D eigenvalue weighted by Gasteiger charge is 2.26. The summed E-state index contributed by atoms with van der Waals surface area (Å²) in [6.07, 6.45) is 3.12. The maximum Gasteiger partial charge on any atom is 0.276 e. The average Bonchev–Trinajstić information content (AvgIpc) is 3.68. The van der Waals surface area contributed by atoms with Crippen molar-refractivity contribution in [3.8, 4) is 11.5 Å². The highest BCUT2D eigenvalue weighted by molar-refractivity contribution is 6.00. The molecule has 0 saturated carbocycles. The van der Waals surface area contributed by atoms with E-state index < -0.39 is 17.9 Å². The molecule has 0 radical (unpaired) electrons. The van der Waals surface area contributed by atoms with Gasteiger partial charge in [0, 0.05) is 51.6 Å². The molecule has 5 rings (SSSR count). The number of carbonyl (C=O) groups is 3. The fraction of sp³-hybridized carbons (Fsp3) is 0.367. The summed E-state index contributed by atoms with van der Waals surface area (Å²) in [6, 6.07) is 13.6. The van der Waals surface area contributed by atoms with Crippen LogP contribution in [-0.4, -0.2) is 92.4 Å². The fourth-order valence-electron chi connectivity index (χ4n) is 4.90. The monoisotopic (exact) mass is 601 g/mol. The van der Waals surface area contributed by atoms with E-state index in [0.717, 1.165) is 5.56 Å². The minimum absolute atomic E-state index is 0.142. The lowest BCUT2D eigenvalue weighted by molar-refractivity contribution is -0.123. The Morgan fingerprint density at radius 2 is 1.91 bits per heavy atom. The van der Waals surface area contributed by atoms with Crippen LogP contribution in [0.3, 0.4) is 0 Å². The molecule has 0 unspecified atom stereocenters. The molecule has 4 aromatic rings. The van der Waals surface area contributed by atoms with Crippen molar-refractivity contribution >= 4 is 17.7 Å². The molecule has 1 atom stereocenters. The Balaban J connectivity index is 1.42. The summed E-state index contributed by atoms with van der Waals surface area (Å²) in [4.78, 5) is 42.1. The number of benzene rings is 2. The zero-order valence-corrected chi connectivity index (χ0v) is 24.7. The van der Waals surface area contributed by atoms with Crippen LogP contribution in [0.2, 0.25) is 0 Å². The van der Waals surface area contributed by atoms with Crippen LogP contribution in [-0.2, 0) is 24.2 Å². The minimum atomic E-state index is -0.901. The third kappa shape index (κ3) is 7.38. The SMILES string of the molecule is COc1cccc2c1OCCCn1cc(nn1)CCN(C(=O)c1n[nH]nc1C)CCNC(=O)[C@H](Cc1ccccc1)NC2=O. The largest absolute Gasteiger partial charge is 0.493 e. The first-order valence-corrected chi connectivity index (χ1v) is 14.4. The summed E-state index contributed by atoms with van der Waals surface area (Å²) < 4.78 is 13.3. The normalized spacial score (nSPS) is 16.8. The molecule has 0 fully saturated rings. The van der Waals surface area contributed by atoms with Crippen molar-refractivity contribution < 1.29 is 23.9 Å². The Morgan fingerprint density at radius 3 is 2.68 bits per heavy atom. The summed E-state index contributed by atoms with van der Waals surface area (Å²) in [7, 11) is 1.51. The lowest BCUT2D eigenvalue weighted by Crippen LogP contribution is -2.50. The number of para-hydroxylation sites is 1. The number of fused-ring (bicyclic) bond motifs is 3. The molecule has 1 aliphatic rings. The van der Waals surface area contributed by atoms with Crippen LogP contribution in [0.15, 0.2) is 54.7 Å². The van der Waals surface area contributed by atoms with E-state index in [1.54, 1.807) is 34.7 Å². The Kier molecular flexibility index (Phi) is 9.79. The number of ether oxygens (including phenoxy) is 2. The molecule has 0 aliphatic carbocycles. The number of rotatable bonds is 4. The first-order chi connectivity index (χ1) is 21.4. The van der Waals surface area contributed by atoms with Crippen LogP contribution in [0.5, 0.6) is 11.5 Å². The highest BCUT2D eigenvalue weighted by Crippen LogP contribution is 2.31. The number of carbonyl (C=O) groups excluding carboxylic acids is 3. The van der Waals surface area contributed by atoms with Crippen molar-refractivity contribution in [2.75, 3.05) is 33.4 Å². The van der Waals surface area contributed by atoms with E-state index in [4.69, 9.17) is 9.47 Å². The molecule has 14 heteroatoms. The zero-order valence-electron chi connectivity index (χ0n) is 24.7. The Bertz CT molecular complexity index is 1590. The third-order valence-corrected chi connectivity index (χ3v) is 7.24. The second kappa shape index (κ2) is 14.3. The van der Waals surface area contributed by atoms with Gasteiger partial charge in [-0.1, -0.05) is 41.6 Å². The Labute approximate surface area is 254 Å². The van der Waals surface area contributed by atoms with Gasteiger partial charge in [0.15, 0.2) is 17.2 Å². The number of nitrogens with zero attached hydrogens (tertiary/aromatic N) is 6. The quantitative estimate of drug-likeness (QED) is 0.312. The lowest BCUT2D eigenvalue weighted by Gasteiger charge is -2.23. The van der Waals surface area contributed by atoms with Gasteiger partial charge in [0.05, 0.1) is 30.7 Å². The molecule has 230 valence electrons. The smallest absolute Gasteiger partial charge is 0.276 e. The number of hydrogen-bond donors (Lipinski definition) is 3. The minimum Gasteiger partial charge on any atom is -0.493 e. The number of hydrogen-bond acceptors (Lipinski definition) is 9. The Morgan fingerprint density at radius 1 is 1.07 bits per heavy atom. The van der Waals surface area contributed by atoms with E-state index in [1.807, 2.05) is 36.5 Å². The summed E-state index contributed by atoms with van der Waals surface area (Å²) in [5.74, 6) is -0.491. The topological polar surface area (TPSA) is 169 Å². The molecule has 3 N–H and O–H groups in total. The number of aromatic nitrogens is 6. The van der Waals surface area contributed by atoms with Crippen molar-refractivity contribution in [3.63, 3.8) is 0 Å². The van der Waals surface area contributed by atoms with Gasteiger partial charge < -0.3 is 25.0 Å². The van der Waals surface area contributed by atoms with E-state index in [-0.39, 0.29) is 43.3 Å². The summed E-state index contributed by atoms with van der Waals surface area (Å²) in [5.41, 5.74) is 2.52. The molecule has 0 saturated heterocycles. The van der Waals surface area contributed by atoms with Crippen molar-refractivity contribution in [1.82, 2.24) is 45.9 Å². The van der Waals surface area contributed by atoms with Crippen LogP contribution >= 0.6 is 0 Å². The average molecular weight is 602 g/mol. The highest BCUT2D eigenvalue weighted by atomic mass is 16.5. The number of H-pyrrole nitrogens is 1. The molecule has 3 amide bonds. The van der Waals surface area contributed by atoms with Crippen LogP contribution in [0.25, 0.3) is 0 Å². The van der Waals surface area contributed by atoms with E-state index in [2.05, 4.69) is 36.4 Å². The van der Waals surface area contributed by atoms with E-state index in [9.17, 15) is 14.4 Å². The molecule has 44 heavy (non-hydrogen) atoms. The van der Waals surface area contributed by atoms with Gasteiger partial charge in [-0.05, 0) is 24.6 Å². The van der Waals surface area contributed by atoms with E-state index >= 15 is 0 Å². The fourth-order valence-corrected chi connectivity index (χ4v) is 4.90. The maximum absolute atomic E-state index is 13.6. The van der Waals surface area contributed by atoms with Gasteiger partial charge in [-0.25, -0.2) is 0 Å². The summed E-state index contributed by atoms with van der Waals surface area (Å²) in [5, 5.41) is 24.7. The number of aryl methyl sites for hydroxylation is 2. The van der Waals surface area contributed by atoms with Crippen molar-refractivity contribution in [1.29, 1.82) is 0 Å². The first kappa shape index (κ1) is 30.2. The Hall–Kier alpha value is -5.27. The molecule has 3 heterocycles. The summed E-state index contributed by atoms with van der Waals surface area (Å²) >= 11 is 0. The zero-order chi connectivity index (χ0) is 30.9. The first-order valence-electron chi connectivity index (χ1n) is 14.4. The number of amides is 3. The standard InChI is InChI=1S/C30H35N9O5/c1-20-26(35-36-33-20)30(42)38-15-12-22-19-39(37-34-22)14-7-17-44-27-23(10-6-11-25(27)43-2)28(40)32-24(29(41)31-13-16-38)18-21-8-4-3-5-9-21/h3-6,8-11,19,24H,7,12-18H2,1-2H3,(H,31,41)(H,32,40)(H,33,35,36)/t24-/m0/s1. The van der Waals surface area contributed by atoms with Crippen molar-refractivity contribution in [3.05, 3.63) is 82.9 Å². The predicted molar refractivity (Wildman–Crippen MR) is 158 cm³/mol. The van der Waals surface area contributed by atoms with Crippen molar-refractivity contribution in [2.45, 2.75) is 38.8 Å². The molecule has 14 nitrogen and oxygen atoms in total. The molecule has 1 aliphatic heterocycles. The van der Waals surface area contributed by atoms with Gasteiger partial charge in [0.25, 0.3) is 11.8 Å². The number of methoxy groups -OCH3 is 1. The van der Waals surface area contributed by atoms with E-state index in [0.29, 0.717) is 48.8 Å². The van der Waals surface area contributed by atoms with Crippen LogP contribution < -0.4 is 20.1 Å². The number of nitrogens with one attached hydrogen (secondary N) is 3. The molecular formula is C30H35N9O5. The summed E-state index contributed by atoms with van der Waals surface area (Å²) in [6.45, 7) is 3.17. The van der Waals surface area contributed by atoms with Gasteiger partial charge in [0.2, 0.25) is 5.91 Å². The molecular weight excluding hydrogens is 566 g/mol.